The summed E-state index contributed by atoms with van der Waals surface area (Å²) in [4.78, 5) is 18.1. The molecule has 0 aliphatic rings. The van der Waals surface area contributed by atoms with Crippen molar-refractivity contribution in [2.24, 2.45) is 4.99 Å². The number of methoxy groups -OCH3 is 1. The third-order valence-corrected chi connectivity index (χ3v) is 5.79. The summed E-state index contributed by atoms with van der Waals surface area (Å²) in [6.07, 6.45) is 0. The molecule has 5 aromatic rings. The Morgan fingerprint density at radius 1 is 0.909 bits per heavy atom. The fraction of sp³-hybridized carbons (Fsp3) is 0.0370. The molecule has 0 radical (unpaired) electrons. The van der Waals surface area contributed by atoms with Crippen LogP contribution in [0.3, 0.4) is 0 Å². The summed E-state index contributed by atoms with van der Waals surface area (Å²) in [6.45, 7) is 0. The number of hydrogen-bond donors (Lipinski definition) is 1. The molecule has 0 aliphatic carbocycles. The Labute approximate surface area is 198 Å². The summed E-state index contributed by atoms with van der Waals surface area (Å²) in [5.74, 6) is 0.273. The highest BCUT2D eigenvalue weighted by Gasteiger charge is 2.15. The van der Waals surface area contributed by atoms with E-state index in [9.17, 15) is 4.79 Å². The molecule has 162 valence electrons. The van der Waals surface area contributed by atoms with Gasteiger partial charge < -0.3 is 14.5 Å². The molecule has 1 heterocycles. The van der Waals surface area contributed by atoms with Crippen LogP contribution in [0.15, 0.2) is 105 Å². The SMILES string of the molecule is COc1ccccc1N=c1oc2ccc(Br)cc2cc1C(=O)Nc1cccc2ccccc12. The number of rotatable bonds is 4. The Morgan fingerprint density at radius 2 is 1.70 bits per heavy atom. The predicted molar refractivity (Wildman–Crippen MR) is 134 cm³/mol. The normalized spacial score (nSPS) is 11.6. The minimum Gasteiger partial charge on any atom is -0.494 e. The molecule has 5 nitrogen and oxygen atoms in total. The van der Waals surface area contributed by atoms with Gasteiger partial charge in [-0.2, -0.15) is 0 Å². The van der Waals surface area contributed by atoms with E-state index in [0.717, 1.165) is 26.3 Å². The number of ether oxygens (including phenoxy) is 1. The molecule has 5 rings (SSSR count). The van der Waals surface area contributed by atoms with Crippen LogP contribution in [0.4, 0.5) is 11.4 Å². The van der Waals surface area contributed by atoms with Gasteiger partial charge in [-0.3, -0.25) is 4.79 Å². The van der Waals surface area contributed by atoms with E-state index in [4.69, 9.17) is 9.15 Å². The zero-order chi connectivity index (χ0) is 22.8. The van der Waals surface area contributed by atoms with Crippen molar-refractivity contribution in [1.29, 1.82) is 0 Å². The Morgan fingerprint density at radius 3 is 2.58 bits per heavy atom. The summed E-state index contributed by atoms with van der Waals surface area (Å²) in [6, 6.07) is 28.5. The third-order valence-electron chi connectivity index (χ3n) is 5.30. The average molecular weight is 499 g/mol. The molecule has 0 aliphatic heterocycles. The number of anilines is 1. The Balaban J connectivity index is 1.67. The van der Waals surface area contributed by atoms with Gasteiger partial charge in [-0.1, -0.05) is 64.5 Å². The van der Waals surface area contributed by atoms with Gasteiger partial charge in [-0.05, 0) is 47.9 Å². The van der Waals surface area contributed by atoms with Gasteiger partial charge in [-0.25, -0.2) is 4.99 Å². The quantitative estimate of drug-likeness (QED) is 0.295. The van der Waals surface area contributed by atoms with Gasteiger partial charge in [0, 0.05) is 20.9 Å². The number of nitrogens with zero attached hydrogens (tertiary/aromatic N) is 1. The lowest BCUT2D eigenvalue weighted by atomic mass is 10.1. The Bertz CT molecular complexity index is 1570. The van der Waals surface area contributed by atoms with Gasteiger partial charge in [0.1, 0.15) is 22.6 Å². The van der Waals surface area contributed by atoms with E-state index in [0.29, 0.717) is 22.6 Å². The van der Waals surface area contributed by atoms with Crippen molar-refractivity contribution in [2.75, 3.05) is 12.4 Å². The van der Waals surface area contributed by atoms with Crippen LogP contribution < -0.4 is 15.6 Å². The van der Waals surface area contributed by atoms with Crippen molar-refractivity contribution < 1.29 is 13.9 Å². The van der Waals surface area contributed by atoms with Gasteiger partial charge in [0.2, 0.25) is 5.55 Å². The molecule has 0 saturated heterocycles. The van der Waals surface area contributed by atoms with Crippen LogP contribution in [0, 0.1) is 0 Å². The lowest BCUT2D eigenvalue weighted by molar-refractivity contribution is 0.102. The highest BCUT2D eigenvalue weighted by Crippen LogP contribution is 2.27. The first-order chi connectivity index (χ1) is 16.1. The molecule has 0 unspecified atom stereocenters. The molecular weight excluding hydrogens is 480 g/mol. The molecule has 4 aromatic carbocycles. The fourth-order valence-electron chi connectivity index (χ4n) is 3.70. The molecule has 0 fully saturated rings. The van der Waals surface area contributed by atoms with Gasteiger partial charge in [0.15, 0.2) is 0 Å². The topological polar surface area (TPSA) is 63.8 Å². The van der Waals surface area contributed by atoms with Crippen molar-refractivity contribution in [3.05, 3.63) is 107 Å². The summed E-state index contributed by atoms with van der Waals surface area (Å²) in [5.41, 5.74) is 2.43. The molecule has 0 bridgehead atoms. The van der Waals surface area contributed by atoms with Crippen LogP contribution in [0.2, 0.25) is 0 Å². The number of benzene rings is 4. The Kier molecular flexibility index (Phi) is 5.67. The standard InChI is InChI=1S/C27H19BrN2O3/c1-32-25-12-5-4-10-23(25)30-27-21(16-18-15-19(28)13-14-24(18)33-27)26(31)29-22-11-6-8-17-7-2-3-9-20(17)22/h2-16H,1H3,(H,29,31). The zero-order valence-electron chi connectivity index (χ0n) is 17.7. The van der Waals surface area contributed by atoms with E-state index >= 15 is 0 Å². The van der Waals surface area contributed by atoms with E-state index in [1.807, 2.05) is 84.9 Å². The second-order valence-electron chi connectivity index (χ2n) is 7.41. The first-order valence-electron chi connectivity index (χ1n) is 10.3. The zero-order valence-corrected chi connectivity index (χ0v) is 19.3. The lowest BCUT2D eigenvalue weighted by Gasteiger charge is -2.10. The Hall–Kier alpha value is -3.90. The van der Waals surface area contributed by atoms with Crippen molar-refractivity contribution in [2.45, 2.75) is 0 Å². The van der Waals surface area contributed by atoms with Crippen LogP contribution in [-0.2, 0) is 0 Å². The number of hydrogen-bond acceptors (Lipinski definition) is 4. The summed E-state index contributed by atoms with van der Waals surface area (Å²) >= 11 is 3.48. The minimum atomic E-state index is -0.314. The van der Waals surface area contributed by atoms with Gasteiger partial charge in [-0.15, -0.1) is 0 Å². The maximum Gasteiger partial charge on any atom is 0.261 e. The molecule has 1 N–H and O–H groups in total. The number of carbonyl (C=O) groups is 1. The van der Waals surface area contributed by atoms with E-state index < -0.39 is 0 Å². The first-order valence-corrected chi connectivity index (χ1v) is 11.1. The minimum absolute atomic E-state index is 0.201. The number of amides is 1. The highest BCUT2D eigenvalue weighted by molar-refractivity contribution is 9.10. The van der Waals surface area contributed by atoms with Gasteiger partial charge >= 0.3 is 0 Å². The van der Waals surface area contributed by atoms with Crippen LogP contribution in [-0.4, -0.2) is 13.0 Å². The fourth-order valence-corrected chi connectivity index (χ4v) is 4.08. The molecular formula is C27H19BrN2O3. The van der Waals surface area contributed by atoms with Gasteiger partial charge in [0.05, 0.1) is 7.11 Å². The van der Waals surface area contributed by atoms with Gasteiger partial charge in [0.25, 0.3) is 5.91 Å². The van der Waals surface area contributed by atoms with Crippen molar-refractivity contribution in [3.8, 4) is 5.75 Å². The van der Waals surface area contributed by atoms with Crippen LogP contribution in [0.5, 0.6) is 5.75 Å². The lowest BCUT2D eigenvalue weighted by Crippen LogP contribution is -2.21. The summed E-state index contributed by atoms with van der Waals surface area (Å²) < 4.78 is 12.4. The molecule has 0 saturated carbocycles. The highest BCUT2D eigenvalue weighted by atomic mass is 79.9. The molecule has 33 heavy (non-hydrogen) atoms. The van der Waals surface area contributed by atoms with Crippen LogP contribution in [0.25, 0.3) is 21.7 Å². The molecule has 0 spiro atoms. The number of fused-ring (bicyclic) bond motifs is 2. The maximum atomic E-state index is 13.5. The number of carbonyl (C=O) groups excluding carboxylic acids is 1. The largest absolute Gasteiger partial charge is 0.494 e. The van der Waals surface area contributed by atoms with E-state index in [2.05, 4.69) is 26.2 Å². The molecule has 6 heteroatoms. The van der Waals surface area contributed by atoms with E-state index in [-0.39, 0.29) is 11.5 Å². The second-order valence-corrected chi connectivity index (χ2v) is 8.33. The number of para-hydroxylation sites is 2. The number of nitrogens with one attached hydrogen (secondary N) is 1. The van der Waals surface area contributed by atoms with Crippen molar-refractivity contribution >= 4 is 55.0 Å². The smallest absolute Gasteiger partial charge is 0.261 e. The van der Waals surface area contributed by atoms with Crippen molar-refractivity contribution in [1.82, 2.24) is 0 Å². The molecule has 1 amide bonds. The molecule has 1 aromatic heterocycles. The van der Waals surface area contributed by atoms with E-state index in [1.165, 1.54) is 0 Å². The first kappa shape index (κ1) is 21.0. The third kappa shape index (κ3) is 4.25. The monoisotopic (exact) mass is 498 g/mol. The predicted octanol–water partition coefficient (Wildman–Crippen LogP) is 6.84. The maximum absolute atomic E-state index is 13.5. The summed E-state index contributed by atoms with van der Waals surface area (Å²) in [7, 11) is 1.58. The van der Waals surface area contributed by atoms with E-state index in [1.54, 1.807) is 13.2 Å². The second kappa shape index (κ2) is 8.92. The average Bonchev–Trinajstić information content (AvgIpc) is 2.84. The molecule has 0 atom stereocenters. The van der Waals surface area contributed by atoms with Crippen LogP contribution >= 0.6 is 15.9 Å². The van der Waals surface area contributed by atoms with Crippen LogP contribution in [0.1, 0.15) is 10.4 Å². The summed E-state index contributed by atoms with van der Waals surface area (Å²) in [5, 5.41) is 5.82. The van der Waals surface area contributed by atoms with Crippen molar-refractivity contribution in [3.63, 3.8) is 0 Å². The number of halogens is 1.